The number of hydrogen-bond acceptors (Lipinski definition) is 3. The summed E-state index contributed by atoms with van der Waals surface area (Å²) in [5, 5.41) is 7.91. The van der Waals surface area contributed by atoms with Crippen molar-refractivity contribution in [3.05, 3.63) is 12.2 Å². The number of piperidine rings is 1. The third-order valence-corrected chi connectivity index (χ3v) is 5.58. The highest BCUT2D eigenvalue weighted by Crippen LogP contribution is 2.46. The molecule has 0 unspecified atom stereocenters. The number of rotatable bonds is 4. The lowest BCUT2D eigenvalue weighted by molar-refractivity contribution is 0.0714. The molecule has 1 saturated heterocycles. The van der Waals surface area contributed by atoms with Crippen LogP contribution >= 0.6 is 0 Å². The van der Waals surface area contributed by atoms with Gasteiger partial charge < -0.3 is 5.32 Å². The number of hydrogen-bond donors (Lipinski definition) is 1. The Kier molecular flexibility index (Phi) is 4.39. The van der Waals surface area contributed by atoms with Crippen LogP contribution in [0.15, 0.2) is 6.33 Å². The molecule has 112 valence electrons. The first kappa shape index (κ1) is 14.1. The van der Waals surface area contributed by atoms with Crippen LogP contribution in [0.3, 0.4) is 0 Å². The van der Waals surface area contributed by atoms with E-state index in [9.17, 15) is 0 Å². The molecule has 1 aliphatic carbocycles. The summed E-state index contributed by atoms with van der Waals surface area (Å²) in [6.45, 7) is 5.45. The number of nitrogens with one attached hydrogen (secondary N) is 1. The molecule has 0 radical (unpaired) electrons. The molecule has 1 saturated carbocycles. The van der Waals surface area contributed by atoms with E-state index in [2.05, 4.69) is 27.0 Å². The predicted octanol–water partition coefficient (Wildman–Crippen LogP) is 2.79. The van der Waals surface area contributed by atoms with E-state index in [1.807, 2.05) is 0 Å². The van der Waals surface area contributed by atoms with Crippen LogP contribution in [0, 0.1) is 11.3 Å². The summed E-state index contributed by atoms with van der Waals surface area (Å²) in [7, 11) is 0. The Hall–Kier alpha value is -0.900. The highest BCUT2D eigenvalue weighted by atomic mass is 15.3. The van der Waals surface area contributed by atoms with Crippen LogP contribution in [-0.4, -0.2) is 27.9 Å². The van der Waals surface area contributed by atoms with Crippen molar-refractivity contribution < 1.29 is 0 Å². The van der Waals surface area contributed by atoms with E-state index in [1.54, 1.807) is 6.33 Å². The van der Waals surface area contributed by atoms with Crippen LogP contribution < -0.4 is 5.32 Å². The van der Waals surface area contributed by atoms with Gasteiger partial charge in [0.2, 0.25) is 0 Å². The highest BCUT2D eigenvalue weighted by molar-refractivity contribution is 5.00. The van der Waals surface area contributed by atoms with Crippen LogP contribution in [0.25, 0.3) is 0 Å². The minimum atomic E-state index is 0.478. The third kappa shape index (κ3) is 2.76. The van der Waals surface area contributed by atoms with E-state index in [-0.39, 0.29) is 0 Å². The molecule has 2 heterocycles. The van der Waals surface area contributed by atoms with Gasteiger partial charge >= 0.3 is 0 Å². The summed E-state index contributed by atoms with van der Waals surface area (Å²) < 4.78 is 2.09. The zero-order valence-electron chi connectivity index (χ0n) is 12.8. The van der Waals surface area contributed by atoms with Gasteiger partial charge in [-0.05, 0) is 57.0 Å². The first-order valence-corrected chi connectivity index (χ1v) is 8.41. The molecule has 3 rings (SSSR count). The fraction of sp³-hybridized carbons (Fsp3) is 0.875. The summed E-state index contributed by atoms with van der Waals surface area (Å²) >= 11 is 0. The summed E-state index contributed by atoms with van der Waals surface area (Å²) in [5.74, 6) is 2.11. The van der Waals surface area contributed by atoms with Crippen molar-refractivity contribution in [2.45, 2.75) is 64.8 Å². The van der Waals surface area contributed by atoms with Crippen molar-refractivity contribution in [1.82, 2.24) is 20.1 Å². The van der Waals surface area contributed by atoms with Gasteiger partial charge in [0.15, 0.2) is 0 Å². The van der Waals surface area contributed by atoms with E-state index in [1.165, 1.54) is 63.9 Å². The standard InChI is InChI=1S/C16H28N4/c1-2-20-15(18-13-19-20)12-16(8-10-17-11-9-16)14-6-4-3-5-7-14/h13-14,17H,2-12H2,1H3. The molecule has 4 nitrogen and oxygen atoms in total. The molecular formula is C16H28N4. The molecule has 20 heavy (non-hydrogen) atoms. The molecule has 0 amide bonds. The van der Waals surface area contributed by atoms with Crippen molar-refractivity contribution in [2.24, 2.45) is 11.3 Å². The molecular weight excluding hydrogens is 248 g/mol. The molecule has 2 fully saturated rings. The molecule has 0 spiro atoms. The van der Waals surface area contributed by atoms with Crippen LogP contribution in [-0.2, 0) is 13.0 Å². The molecule has 1 aliphatic heterocycles. The Bertz CT molecular complexity index is 414. The Morgan fingerprint density at radius 2 is 2.00 bits per heavy atom. The smallest absolute Gasteiger partial charge is 0.138 e. The molecule has 0 bridgehead atoms. The van der Waals surface area contributed by atoms with Gasteiger partial charge in [-0.15, -0.1) is 0 Å². The minimum Gasteiger partial charge on any atom is -0.317 e. The SMILES string of the molecule is CCn1ncnc1CC1(C2CCCCC2)CCNCC1. The van der Waals surface area contributed by atoms with Crippen LogP contribution in [0.5, 0.6) is 0 Å². The second kappa shape index (κ2) is 6.25. The molecule has 1 N–H and O–H groups in total. The largest absolute Gasteiger partial charge is 0.317 e. The number of aromatic nitrogens is 3. The summed E-state index contributed by atoms with van der Waals surface area (Å²) in [6, 6.07) is 0. The maximum atomic E-state index is 4.55. The van der Waals surface area contributed by atoms with Gasteiger partial charge in [-0.1, -0.05) is 19.3 Å². The summed E-state index contributed by atoms with van der Waals surface area (Å²) in [5.41, 5.74) is 0.478. The Morgan fingerprint density at radius 1 is 1.25 bits per heavy atom. The van der Waals surface area contributed by atoms with Gasteiger partial charge in [0.1, 0.15) is 12.2 Å². The Labute approximate surface area is 122 Å². The lowest BCUT2D eigenvalue weighted by Crippen LogP contribution is -2.44. The van der Waals surface area contributed by atoms with E-state index in [0.717, 1.165) is 18.9 Å². The second-order valence-electron chi connectivity index (χ2n) is 6.62. The molecule has 4 heteroatoms. The topological polar surface area (TPSA) is 42.7 Å². The van der Waals surface area contributed by atoms with Crippen molar-refractivity contribution in [3.8, 4) is 0 Å². The third-order valence-electron chi connectivity index (χ3n) is 5.58. The van der Waals surface area contributed by atoms with Crippen LogP contribution in [0.2, 0.25) is 0 Å². The van der Waals surface area contributed by atoms with E-state index < -0.39 is 0 Å². The van der Waals surface area contributed by atoms with Gasteiger partial charge in [-0.25, -0.2) is 4.98 Å². The maximum absolute atomic E-state index is 4.55. The van der Waals surface area contributed by atoms with Gasteiger partial charge in [-0.3, -0.25) is 4.68 Å². The molecule has 1 aromatic heterocycles. The van der Waals surface area contributed by atoms with E-state index in [0.29, 0.717) is 5.41 Å². The average molecular weight is 276 g/mol. The lowest BCUT2D eigenvalue weighted by Gasteiger charge is -2.45. The number of nitrogens with zero attached hydrogens (tertiary/aromatic N) is 3. The quantitative estimate of drug-likeness (QED) is 0.919. The monoisotopic (exact) mass is 276 g/mol. The van der Waals surface area contributed by atoms with Gasteiger partial charge in [-0.2, -0.15) is 5.10 Å². The van der Waals surface area contributed by atoms with Gasteiger partial charge in [0, 0.05) is 13.0 Å². The van der Waals surface area contributed by atoms with Crippen molar-refractivity contribution in [3.63, 3.8) is 0 Å². The van der Waals surface area contributed by atoms with Crippen molar-refractivity contribution in [2.75, 3.05) is 13.1 Å². The normalized spacial score (nSPS) is 23.9. The Morgan fingerprint density at radius 3 is 2.70 bits per heavy atom. The highest BCUT2D eigenvalue weighted by Gasteiger charge is 2.41. The number of aryl methyl sites for hydroxylation is 1. The molecule has 0 aromatic carbocycles. The van der Waals surface area contributed by atoms with Crippen LogP contribution in [0.1, 0.15) is 57.7 Å². The lowest BCUT2D eigenvalue weighted by atomic mass is 9.62. The Balaban J connectivity index is 1.81. The zero-order valence-corrected chi connectivity index (χ0v) is 12.8. The molecule has 0 atom stereocenters. The van der Waals surface area contributed by atoms with Crippen LogP contribution in [0.4, 0.5) is 0 Å². The fourth-order valence-corrected chi connectivity index (χ4v) is 4.37. The van der Waals surface area contributed by atoms with Gasteiger partial charge in [0.05, 0.1) is 0 Å². The first-order valence-electron chi connectivity index (χ1n) is 8.41. The maximum Gasteiger partial charge on any atom is 0.138 e. The van der Waals surface area contributed by atoms with Gasteiger partial charge in [0.25, 0.3) is 0 Å². The minimum absolute atomic E-state index is 0.478. The molecule has 2 aliphatic rings. The predicted molar refractivity (Wildman–Crippen MR) is 80.5 cm³/mol. The summed E-state index contributed by atoms with van der Waals surface area (Å²) in [4.78, 5) is 4.55. The first-order chi connectivity index (χ1) is 9.84. The van der Waals surface area contributed by atoms with Crippen molar-refractivity contribution >= 4 is 0 Å². The van der Waals surface area contributed by atoms with E-state index >= 15 is 0 Å². The second-order valence-corrected chi connectivity index (χ2v) is 6.62. The average Bonchev–Trinajstić information content (AvgIpc) is 2.96. The zero-order chi connectivity index (χ0) is 13.8. The van der Waals surface area contributed by atoms with Crippen molar-refractivity contribution in [1.29, 1.82) is 0 Å². The summed E-state index contributed by atoms with van der Waals surface area (Å²) in [6.07, 6.45) is 12.7. The fourth-order valence-electron chi connectivity index (χ4n) is 4.37. The van der Waals surface area contributed by atoms with E-state index in [4.69, 9.17) is 0 Å². The molecule has 1 aromatic rings.